The average molecular weight is 487 g/mol. The van der Waals surface area contributed by atoms with Crippen LogP contribution in [0.1, 0.15) is 31.2 Å². The molecule has 0 amide bonds. The molecule has 0 N–H and O–H groups in total. The topological polar surface area (TPSA) is 78.3 Å². The monoisotopic (exact) mass is 486 g/mol. The summed E-state index contributed by atoms with van der Waals surface area (Å²) in [4.78, 5) is 17.2. The van der Waals surface area contributed by atoms with E-state index >= 15 is 0 Å². The second kappa shape index (κ2) is 8.40. The molecule has 6 nitrogen and oxygen atoms in total. The predicted octanol–water partition coefficient (Wildman–Crippen LogP) is 4.71. The third-order valence-corrected chi connectivity index (χ3v) is 8.04. The van der Waals surface area contributed by atoms with E-state index in [2.05, 4.69) is 9.72 Å². The first-order chi connectivity index (χ1) is 15.0. The smallest absolute Gasteiger partial charge is 0.406 e. The summed E-state index contributed by atoms with van der Waals surface area (Å²) in [6, 6.07) is 7.66. The molecule has 1 fully saturated rings. The van der Waals surface area contributed by atoms with Gasteiger partial charge in [-0.1, -0.05) is 24.4 Å². The lowest BCUT2D eigenvalue weighted by Gasteiger charge is -2.16. The lowest BCUT2D eigenvalue weighted by molar-refractivity contribution is -0.274. The molecular formula is C21H18ClF3N2O4S. The molecule has 0 spiro atoms. The molecule has 0 aliphatic heterocycles. The summed E-state index contributed by atoms with van der Waals surface area (Å²) in [7, 11) is -3.63. The zero-order valence-corrected chi connectivity index (χ0v) is 18.2. The average Bonchev–Trinajstić information content (AvgIpc) is 3.25. The standard InChI is InChI=1S/C21H18ClF3N2O4S/c22-14-5-8-19(32(29,30)16-3-1-2-4-16)13(9-14)11-27-12-26-18-7-6-15(31-21(23,24)25)10-17(18)20(27)28/h5-10,12,16H,1-4,11H2. The van der Waals surface area contributed by atoms with E-state index < -0.39 is 32.8 Å². The van der Waals surface area contributed by atoms with E-state index in [4.69, 9.17) is 11.6 Å². The molecule has 1 aliphatic rings. The minimum Gasteiger partial charge on any atom is -0.406 e. The molecule has 0 bridgehead atoms. The van der Waals surface area contributed by atoms with Crippen molar-refractivity contribution < 1.29 is 26.3 Å². The van der Waals surface area contributed by atoms with Gasteiger partial charge in [-0.2, -0.15) is 0 Å². The molecule has 2 aromatic carbocycles. The van der Waals surface area contributed by atoms with Gasteiger partial charge in [0.25, 0.3) is 5.56 Å². The summed E-state index contributed by atoms with van der Waals surface area (Å²) in [5, 5.41) is -0.277. The number of aromatic nitrogens is 2. The normalized spacial score (nSPS) is 15.4. The van der Waals surface area contributed by atoms with Crippen molar-refractivity contribution in [2.75, 3.05) is 0 Å². The number of hydrogen-bond acceptors (Lipinski definition) is 5. The molecule has 1 saturated carbocycles. The predicted molar refractivity (Wildman–Crippen MR) is 113 cm³/mol. The molecule has 0 saturated heterocycles. The largest absolute Gasteiger partial charge is 0.573 e. The van der Waals surface area contributed by atoms with Crippen molar-refractivity contribution in [1.29, 1.82) is 0 Å². The van der Waals surface area contributed by atoms with Crippen LogP contribution in [0.2, 0.25) is 5.02 Å². The van der Waals surface area contributed by atoms with Crippen LogP contribution >= 0.6 is 11.6 Å². The third-order valence-electron chi connectivity index (χ3n) is 5.44. The number of alkyl halides is 3. The molecule has 3 aromatic rings. The quantitative estimate of drug-likeness (QED) is 0.522. The van der Waals surface area contributed by atoms with Crippen molar-refractivity contribution in [3.63, 3.8) is 0 Å². The summed E-state index contributed by atoms with van der Waals surface area (Å²) in [6.45, 7) is -0.159. The van der Waals surface area contributed by atoms with Gasteiger partial charge < -0.3 is 4.74 Å². The van der Waals surface area contributed by atoms with Crippen LogP contribution in [0.15, 0.2) is 52.4 Å². The van der Waals surface area contributed by atoms with E-state index in [9.17, 15) is 26.4 Å². The van der Waals surface area contributed by atoms with Crippen LogP contribution in [0.3, 0.4) is 0 Å². The molecule has 32 heavy (non-hydrogen) atoms. The lowest BCUT2D eigenvalue weighted by Crippen LogP contribution is -2.24. The highest BCUT2D eigenvalue weighted by atomic mass is 35.5. The maximum Gasteiger partial charge on any atom is 0.573 e. The fourth-order valence-electron chi connectivity index (χ4n) is 3.96. The van der Waals surface area contributed by atoms with Crippen LogP contribution in [-0.2, 0) is 16.4 Å². The minimum absolute atomic E-state index is 0.0866. The maximum atomic E-state index is 13.2. The Hall–Kier alpha value is -2.59. The van der Waals surface area contributed by atoms with Crippen molar-refractivity contribution in [3.05, 3.63) is 63.7 Å². The van der Waals surface area contributed by atoms with Gasteiger partial charge in [0, 0.05) is 5.02 Å². The highest BCUT2D eigenvalue weighted by Crippen LogP contribution is 2.32. The summed E-state index contributed by atoms with van der Waals surface area (Å²) in [5.41, 5.74) is -0.132. The molecule has 1 aliphatic carbocycles. The zero-order chi connectivity index (χ0) is 23.1. The number of benzene rings is 2. The van der Waals surface area contributed by atoms with Crippen LogP contribution in [0.4, 0.5) is 13.2 Å². The fourth-order valence-corrected chi connectivity index (χ4v) is 6.21. The van der Waals surface area contributed by atoms with Crippen molar-refractivity contribution in [3.8, 4) is 5.75 Å². The van der Waals surface area contributed by atoms with Gasteiger partial charge in [-0.3, -0.25) is 9.36 Å². The van der Waals surface area contributed by atoms with E-state index in [1.54, 1.807) is 0 Å². The molecule has 11 heteroatoms. The Kier molecular flexibility index (Phi) is 5.93. The maximum absolute atomic E-state index is 13.2. The number of hydrogen-bond donors (Lipinski definition) is 0. The number of rotatable bonds is 5. The highest BCUT2D eigenvalue weighted by Gasteiger charge is 2.32. The van der Waals surface area contributed by atoms with Crippen molar-refractivity contribution in [2.24, 2.45) is 0 Å². The second-order valence-electron chi connectivity index (χ2n) is 7.61. The van der Waals surface area contributed by atoms with Crippen molar-refractivity contribution in [2.45, 2.75) is 48.7 Å². The molecule has 1 heterocycles. The van der Waals surface area contributed by atoms with Crippen LogP contribution in [0, 0.1) is 0 Å². The van der Waals surface area contributed by atoms with Gasteiger partial charge in [-0.05, 0) is 54.8 Å². The second-order valence-corrected chi connectivity index (χ2v) is 10.2. The van der Waals surface area contributed by atoms with Crippen LogP contribution in [0.25, 0.3) is 10.9 Å². The first-order valence-electron chi connectivity index (χ1n) is 9.82. The van der Waals surface area contributed by atoms with Gasteiger partial charge >= 0.3 is 6.36 Å². The van der Waals surface area contributed by atoms with E-state index in [1.165, 1.54) is 30.6 Å². The Morgan fingerprint density at radius 3 is 2.53 bits per heavy atom. The molecule has 170 valence electrons. The van der Waals surface area contributed by atoms with Crippen LogP contribution < -0.4 is 10.3 Å². The first-order valence-corrected chi connectivity index (χ1v) is 11.7. The van der Waals surface area contributed by atoms with Gasteiger partial charge in [0.1, 0.15) is 5.75 Å². The Bertz CT molecular complexity index is 1330. The lowest BCUT2D eigenvalue weighted by atomic mass is 10.2. The molecule has 1 aromatic heterocycles. The van der Waals surface area contributed by atoms with E-state index in [0.29, 0.717) is 23.4 Å². The van der Waals surface area contributed by atoms with E-state index in [0.717, 1.165) is 29.5 Å². The molecule has 4 rings (SSSR count). The third kappa shape index (κ3) is 4.61. The number of sulfone groups is 1. The highest BCUT2D eigenvalue weighted by molar-refractivity contribution is 7.92. The number of nitrogens with zero attached hydrogens (tertiary/aromatic N) is 2. The Balaban J connectivity index is 1.76. The molecule has 0 unspecified atom stereocenters. The Morgan fingerprint density at radius 2 is 1.84 bits per heavy atom. The van der Waals surface area contributed by atoms with Crippen molar-refractivity contribution in [1.82, 2.24) is 9.55 Å². The summed E-state index contributed by atoms with van der Waals surface area (Å²) in [5.74, 6) is -0.547. The number of halogens is 4. The van der Waals surface area contributed by atoms with Crippen LogP contribution in [-0.4, -0.2) is 29.6 Å². The summed E-state index contributed by atoms with van der Waals surface area (Å²) in [6.07, 6.45) is -0.860. The van der Waals surface area contributed by atoms with E-state index in [-0.39, 0.29) is 22.3 Å². The first kappa shape index (κ1) is 22.6. The molecule has 0 radical (unpaired) electrons. The summed E-state index contributed by atoms with van der Waals surface area (Å²) < 4.78 is 69.0. The summed E-state index contributed by atoms with van der Waals surface area (Å²) >= 11 is 6.09. The zero-order valence-electron chi connectivity index (χ0n) is 16.6. The Labute approximate surface area is 186 Å². The van der Waals surface area contributed by atoms with E-state index in [1.807, 2.05) is 0 Å². The molecule has 0 atom stereocenters. The SMILES string of the molecule is O=c1c2cc(OC(F)(F)F)ccc2ncn1Cc1cc(Cl)ccc1S(=O)(=O)C1CCCC1. The van der Waals surface area contributed by atoms with Gasteiger partial charge in [0.05, 0.1) is 33.9 Å². The Morgan fingerprint density at radius 1 is 1.12 bits per heavy atom. The van der Waals surface area contributed by atoms with Gasteiger partial charge in [0.15, 0.2) is 9.84 Å². The van der Waals surface area contributed by atoms with Gasteiger partial charge in [-0.25, -0.2) is 13.4 Å². The fraction of sp³-hybridized carbons (Fsp3) is 0.333. The van der Waals surface area contributed by atoms with Crippen molar-refractivity contribution >= 4 is 32.3 Å². The van der Waals surface area contributed by atoms with Gasteiger partial charge in [-0.15, -0.1) is 13.2 Å². The number of ether oxygens (including phenoxy) is 1. The van der Waals surface area contributed by atoms with Gasteiger partial charge in [0.2, 0.25) is 0 Å². The van der Waals surface area contributed by atoms with Crippen LogP contribution in [0.5, 0.6) is 5.75 Å². The number of fused-ring (bicyclic) bond motifs is 1. The minimum atomic E-state index is -4.90. The molecular weight excluding hydrogens is 469 g/mol.